The van der Waals surface area contributed by atoms with E-state index in [-0.39, 0.29) is 5.97 Å². The van der Waals surface area contributed by atoms with E-state index in [1.165, 1.54) is 77.7 Å². The Labute approximate surface area is 126 Å². The number of carbonyl (C=O) groups is 1. The van der Waals surface area contributed by atoms with Gasteiger partial charge in [-0.1, -0.05) is 84.5 Å². The van der Waals surface area contributed by atoms with Crippen LogP contribution in [0.25, 0.3) is 0 Å². The van der Waals surface area contributed by atoms with E-state index >= 15 is 0 Å². The van der Waals surface area contributed by atoms with Gasteiger partial charge in [0.15, 0.2) is 0 Å². The first-order valence-corrected chi connectivity index (χ1v) is 8.81. The molecule has 0 saturated carbocycles. The Hall–Kier alpha value is -0.530. The monoisotopic (exact) mass is 284 g/mol. The van der Waals surface area contributed by atoms with Gasteiger partial charge in [-0.15, -0.1) is 0 Å². The number of esters is 1. The zero-order chi connectivity index (χ0) is 15.1. The fourth-order valence-electron chi connectivity index (χ4n) is 2.75. The zero-order valence-electron chi connectivity index (χ0n) is 14.1. The minimum absolute atomic E-state index is 0.0467. The van der Waals surface area contributed by atoms with E-state index in [0.717, 1.165) is 12.3 Å². The van der Waals surface area contributed by atoms with Gasteiger partial charge >= 0.3 is 5.97 Å². The zero-order valence-corrected chi connectivity index (χ0v) is 14.1. The molecule has 2 nitrogen and oxygen atoms in total. The summed E-state index contributed by atoms with van der Waals surface area (Å²) >= 11 is 0. The summed E-state index contributed by atoms with van der Waals surface area (Å²) < 4.78 is 4.76. The van der Waals surface area contributed by atoms with Crippen LogP contribution < -0.4 is 0 Å². The Bertz CT molecular complexity index is 213. The van der Waals surface area contributed by atoms with Crippen molar-refractivity contribution in [1.82, 2.24) is 0 Å². The van der Waals surface area contributed by atoms with Crippen molar-refractivity contribution in [3.05, 3.63) is 0 Å². The van der Waals surface area contributed by atoms with Crippen LogP contribution in [0, 0.1) is 5.92 Å². The fourth-order valence-corrected chi connectivity index (χ4v) is 2.75. The van der Waals surface area contributed by atoms with Crippen molar-refractivity contribution in [1.29, 1.82) is 0 Å². The Morgan fingerprint density at radius 2 is 1.30 bits per heavy atom. The molecule has 0 aromatic carbocycles. The van der Waals surface area contributed by atoms with E-state index in [9.17, 15) is 4.79 Å². The maximum absolute atomic E-state index is 11.3. The van der Waals surface area contributed by atoms with Crippen molar-refractivity contribution < 1.29 is 9.53 Å². The summed E-state index contributed by atoms with van der Waals surface area (Å²) in [6.45, 7) is 4.51. The molecule has 0 heterocycles. The molecule has 0 radical (unpaired) electrons. The predicted octanol–water partition coefficient (Wildman–Crippen LogP) is 5.89. The van der Waals surface area contributed by atoms with E-state index in [0.29, 0.717) is 6.42 Å². The third-order valence-electron chi connectivity index (χ3n) is 4.17. The van der Waals surface area contributed by atoms with Crippen molar-refractivity contribution in [3.63, 3.8) is 0 Å². The number of methoxy groups -OCH3 is 1. The normalized spacial score (nSPS) is 12.3. The molecule has 0 aliphatic rings. The Morgan fingerprint density at radius 1 is 0.800 bits per heavy atom. The molecule has 0 N–H and O–H groups in total. The number of carbonyl (C=O) groups excluding carboxylic acids is 1. The van der Waals surface area contributed by atoms with Crippen molar-refractivity contribution in [2.75, 3.05) is 7.11 Å². The fraction of sp³-hybridized carbons (Fsp3) is 0.944. The molecule has 120 valence electrons. The average molecular weight is 284 g/mol. The van der Waals surface area contributed by atoms with Gasteiger partial charge in [0.25, 0.3) is 0 Å². The summed E-state index contributed by atoms with van der Waals surface area (Å²) in [7, 11) is 1.49. The second-order valence-electron chi connectivity index (χ2n) is 6.03. The van der Waals surface area contributed by atoms with Crippen LogP contribution in [-0.4, -0.2) is 13.1 Å². The van der Waals surface area contributed by atoms with E-state index in [1.54, 1.807) is 0 Å². The third kappa shape index (κ3) is 12.5. The van der Waals surface area contributed by atoms with Crippen LogP contribution in [-0.2, 0) is 9.53 Å². The van der Waals surface area contributed by atoms with Crippen LogP contribution in [0.1, 0.15) is 97.3 Å². The van der Waals surface area contributed by atoms with Gasteiger partial charge in [-0.2, -0.15) is 0 Å². The van der Waals surface area contributed by atoms with Crippen LogP contribution in [0.5, 0.6) is 0 Å². The average Bonchev–Trinajstić information content (AvgIpc) is 2.47. The number of rotatable bonds is 14. The van der Waals surface area contributed by atoms with Crippen molar-refractivity contribution in [2.24, 2.45) is 5.92 Å². The molecule has 0 aliphatic heterocycles. The number of ether oxygens (including phenoxy) is 1. The van der Waals surface area contributed by atoms with Gasteiger partial charge in [-0.25, -0.2) is 0 Å². The molecular formula is C18H36O2. The minimum atomic E-state index is -0.0467. The van der Waals surface area contributed by atoms with Crippen LogP contribution in [0.2, 0.25) is 0 Å². The highest BCUT2D eigenvalue weighted by molar-refractivity contribution is 5.69. The van der Waals surface area contributed by atoms with Crippen LogP contribution >= 0.6 is 0 Å². The van der Waals surface area contributed by atoms with Gasteiger partial charge in [0, 0.05) is 6.42 Å². The van der Waals surface area contributed by atoms with Gasteiger partial charge in [-0.05, 0) is 12.3 Å². The van der Waals surface area contributed by atoms with E-state index < -0.39 is 0 Å². The van der Waals surface area contributed by atoms with Crippen LogP contribution in [0.15, 0.2) is 0 Å². The standard InChI is InChI=1S/C18H36O2/c1-4-6-8-10-12-14-17(13-11-9-7-5-2)15-16-18(19)20-3/h17H,4-16H2,1-3H3. The minimum Gasteiger partial charge on any atom is -0.469 e. The first-order chi connectivity index (χ1) is 9.74. The van der Waals surface area contributed by atoms with Crippen molar-refractivity contribution >= 4 is 5.97 Å². The lowest BCUT2D eigenvalue weighted by Gasteiger charge is -2.16. The number of hydrogen-bond donors (Lipinski definition) is 0. The highest BCUT2D eigenvalue weighted by atomic mass is 16.5. The van der Waals surface area contributed by atoms with Crippen molar-refractivity contribution in [3.8, 4) is 0 Å². The first kappa shape index (κ1) is 19.5. The third-order valence-corrected chi connectivity index (χ3v) is 4.17. The van der Waals surface area contributed by atoms with Crippen LogP contribution in [0.4, 0.5) is 0 Å². The molecule has 0 bridgehead atoms. The quantitative estimate of drug-likeness (QED) is 0.294. The van der Waals surface area contributed by atoms with Gasteiger partial charge in [-0.3, -0.25) is 4.79 Å². The molecule has 0 aromatic heterocycles. The Morgan fingerprint density at radius 3 is 1.80 bits per heavy atom. The first-order valence-electron chi connectivity index (χ1n) is 8.81. The Kier molecular flexibility index (Phi) is 14.5. The second kappa shape index (κ2) is 14.9. The maximum Gasteiger partial charge on any atom is 0.305 e. The van der Waals surface area contributed by atoms with Crippen molar-refractivity contribution in [2.45, 2.75) is 97.3 Å². The maximum atomic E-state index is 11.3. The summed E-state index contributed by atoms with van der Waals surface area (Å²) in [5.74, 6) is 0.683. The number of hydrogen-bond acceptors (Lipinski definition) is 2. The second-order valence-corrected chi connectivity index (χ2v) is 6.03. The number of unbranched alkanes of at least 4 members (excludes halogenated alkanes) is 7. The highest BCUT2D eigenvalue weighted by Gasteiger charge is 2.11. The molecule has 1 atom stereocenters. The molecule has 1 unspecified atom stereocenters. The summed E-state index contributed by atoms with van der Waals surface area (Å²) in [6.07, 6.45) is 16.3. The summed E-state index contributed by atoms with van der Waals surface area (Å²) in [5.41, 5.74) is 0. The van der Waals surface area contributed by atoms with Gasteiger partial charge in [0.2, 0.25) is 0 Å². The van der Waals surface area contributed by atoms with E-state index in [4.69, 9.17) is 4.74 Å². The molecular weight excluding hydrogens is 248 g/mol. The molecule has 0 spiro atoms. The highest BCUT2D eigenvalue weighted by Crippen LogP contribution is 2.23. The molecule has 0 aromatic rings. The van der Waals surface area contributed by atoms with Crippen LogP contribution in [0.3, 0.4) is 0 Å². The smallest absolute Gasteiger partial charge is 0.305 e. The largest absolute Gasteiger partial charge is 0.469 e. The lowest BCUT2D eigenvalue weighted by Crippen LogP contribution is -2.07. The summed E-state index contributed by atoms with van der Waals surface area (Å²) in [4.78, 5) is 11.3. The summed E-state index contributed by atoms with van der Waals surface area (Å²) in [6, 6.07) is 0. The lowest BCUT2D eigenvalue weighted by molar-refractivity contribution is -0.141. The molecule has 0 aliphatic carbocycles. The Balaban J connectivity index is 3.81. The van der Waals surface area contributed by atoms with E-state index in [2.05, 4.69) is 13.8 Å². The molecule has 2 heteroatoms. The van der Waals surface area contributed by atoms with Gasteiger partial charge in [0.05, 0.1) is 7.11 Å². The predicted molar refractivity (Wildman–Crippen MR) is 86.9 cm³/mol. The van der Waals surface area contributed by atoms with Gasteiger partial charge < -0.3 is 4.74 Å². The molecule has 0 amide bonds. The summed E-state index contributed by atoms with van der Waals surface area (Å²) in [5, 5.41) is 0. The van der Waals surface area contributed by atoms with E-state index in [1.807, 2.05) is 0 Å². The molecule has 0 fully saturated rings. The lowest BCUT2D eigenvalue weighted by atomic mass is 9.90. The topological polar surface area (TPSA) is 26.3 Å². The molecule has 0 saturated heterocycles. The molecule has 20 heavy (non-hydrogen) atoms. The molecule has 0 rings (SSSR count). The van der Waals surface area contributed by atoms with Gasteiger partial charge in [0.1, 0.15) is 0 Å². The SMILES string of the molecule is CCCCCCCC(CCCCCC)CCC(=O)OC.